The molecule has 0 amide bonds. The van der Waals surface area contributed by atoms with Crippen LogP contribution in [0.2, 0.25) is 0 Å². The van der Waals surface area contributed by atoms with Crippen LogP contribution in [0, 0.1) is 4.77 Å². The summed E-state index contributed by atoms with van der Waals surface area (Å²) in [5, 5.41) is 17.0. The third-order valence-electron chi connectivity index (χ3n) is 3.85. The molecule has 0 bridgehead atoms. The van der Waals surface area contributed by atoms with Crippen molar-refractivity contribution in [2.75, 3.05) is 0 Å². The molecule has 100 valence electrons. The van der Waals surface area contributed by atoms with E-state index in [0.717, 1.165) is 15.9 Å². The summed E-state index contributed by atoms with van der Waals surface area (Å²) in [6, 6.07) is 8.17. The Morgan fingerprint density at radius 1 is 1.53 bits per heavy atom. The number of rotatable bonds is 2. The van der Waals surface area contributed by atoms with E-state index in [1.54, 1.807) is 0 Å². The maximum atomic E-state index is 9.79. The number of nitrogens with zero attached hydrogens (tertiary/aromatic N) is 2. The number of H-pyrrole nitrogens is 1. The highest BCUT2D eigenvalue weighted by Crippen LogP contribution is 2.48. The molecule has 6 heteroatoms. The van der Waals surface area contributed by atoms with Crippen molar-refractivity contribution in [2.24, 2.45) is 7.05 Å². The minimum Gasteiger partial charge on any atom is -0.393 e. The van der Waals surface area contributed by atoms with Crippen molar-refractivity contribution < 1.29 is 5.11 Å². The monoisotopic (exact) mass is 339 g/mol. The van der Waals surface area contributed by atoms with E-state index >= 15 is 0 Å². The summed E-state index contributed by atoms with van der Waals surface area (Å²) >= 11 is 8.69. The number of hydrogen-bond donors (Lipinski definition) is 2. The molecule has 1 aromatic carbocycles. The quantitative estimate of drug-likeness (QED) is 0.827. The maximum Gasteiger partial charge on any atom is 0.194 e. The Labute approximate surface area is 124 Å². The minimum atomic E-state index is -0.274. The van der Waals surface area contributed by atoms with Gasteiger partial charge in [0.1, 0.15) is 5.82 Å². The molecule has 1 aromatic heterocycles. The Morgan fingerprint density at radius 3 is 2.79 bits per heavy atom. The lowest BCUT2D eigenvalue weighted by Crippen LogP contribution is -2.47. The zero-order chi connectivity index (χ0) is 13.6. The molecule has 0 atom stereocenters. The zero-order valence-electron chi connectivity index (χ0n) is 10.4. The highest BCUT2D eigenvalue weighted by atomic mass is 79.9. The first-order valence-electron chi connectivity index (χ1n) is 6.09. The summed E-state index contributed by atoms with van der Waals surface area (Å²) in [5.74, 6) is 0.890. The van der Waals surface area contributed by atoms with Gasteiger partial charge >= 0.3 is 0 Å². The molecule has 2 N–H and O–H groups in total. The zero-order valence-corrected chi connectivity index (χ0v) is 12.8. The van der Waals surface area contributed by atoms with Crippen LogP contribution in [0.15, 0.2) is 28.7 Å². The fourth-order valence-electron chi connectivity index (χ4n) is 2.85. The number of aliphatic hydroxyl groups is 1. The summed E-state index contributed by atoms with van der Waals surface area (Å²) in [4.78, 5) is 0. The Bertz CT molecular complexity index is 673. The Balaban J connectivity index is 2.15. The summed E-state index contributed by atoms with van der Waals surface area (Å²) < 4.78 is 3.52. The number of aromatic amines is 1. The predicted molar refractivity (Wildman–Crippen MR) is 78.6 cm³/mol. The molecular weight excluding hydrogens is 326 g/mol. The molecule has 0 unspecified atom stereocenters. The van der Waals surface area contributed by atoms with Crippen molar-refractivity contribution in [2.45, 2.75) is 24.4 Å². The van der Waals surface area contributed by atoms with Crippen molar-refractivity contribution in [3.8, 4) is 0 Å². The average molecular weight is 340 g/mol. The Morgan fingerprint density at radius 2 is 2.26 bits per heavy atom. The van der Waals surface area contributed by atoms with E-state index in [2.05, 4.69) is 38.3 Å². The molecule has 1 saturated carbocycles. The van der Waals surface area contributed by atoms with Gasteiger partial charge in [0.05, 0.1) is 11.5 Å². The first-order valence-corrected chi connectivity index (χ1v) is 7.29. The van der Waals surface area contributed by atoms with Crippen molar-refractivity contribution in [1.82, 2.24) is 14.8 Å². The van der Waals surface area contributed by atoms with Gasteiger partial charge in [-0.3, -0.25) is 5.10 Å². The van der Waals surface area contributed by atoms with E-state index in [-0.39, 0.29) is 11.5 Å². The Hall–Kier alpha value is -0.980. The van der Waals surface area contributed by atoms with E-state index in [0.29, 0.717) is 17.6 Å². The van der Waals surface area contributed by atoms with Gasteiger partial charge in [0, 0.05) is 11.5 Å². The van der Waals surface area contributed by atoms with Gasteiger partial charge in [-0.15, -0.1) is 0 Å². The summed E-state index contributed by atoms with van der Waals surface area (Å²) in [6.07, 6.45) is 1.08. The van der Waals surface area contributed by atoms with Crippen LogP contribution in [0.3, 0.4) is 0 Å². The van der Waals surface area contributed by atoms with Crippen LogP contribution in [0.4, 0.5) is 0 Å². The minimum absolute atomic E-state index is 0.245. The second-order valence-corrected chi connectivity index (χ2v) is 6.37. The van der Waals surface area contributed by atoms with Crippen LogP contribution < -0.4 is 0 Å². The smallest absolute Gasteiger partial charge is 0.194 e. The molecule has 1 aliphatic rings. The molecule has 2 aromatic rings. The molecule has 1 heterocycles. The lowest BCUT2D eigenvalue weighted by molar-refractivity contribution is 0.0322. The number of hydrogen-bond acceptors (Lipinski definition) is 3. The molecule has 3 rings (SSSR count). The summed E-state index contributed by atoms with van der Waals surface area (Å²) in [5.41, 5.74) is 0.912. The number of benzene rings is 1. The van der Waals surface area contributed by atoms with Gasteiger partial charge in [-0.2, -0.15) is 5.10 Å². The van der Waals surface area contributed by atoms with Gasteiger partial charge in [0.25, 0.3) is 0 Å². The third kappa shape index (κ3) is 1.98. The number of nitrogens with one attached hydrogen (secondary N) is 1. The van der Waals surface area contributed by atoms with Gasteiger partial charge in [0.15, 0.2) is 4.77 Å². The SMILES string of the molecule is Cn1c(C2(c3cccc(Br)c3)CC(O)C2)n[nH]c1=S. The van der Waals surface area contributed by atoms with Gasteiger partial charge < -0.3 is 9.67 Å². The molecule has 0 radical (unpaired) electrons. The molecule has 0 spiro atoms. The highest BCUT2D eigenvalue weighted by Gasteiger charge is 2.49. The van der Waals surface area contributed by atoms with Crippen molar-refractivity contribution in [1.29, 1.82) is 0 Å². The largest absolute Gasteiger partial charge is 0.393 e. The van der Waals surface area contributed by atoms with Crippen LogP contribution in [-0.4, -0.2) is 26.0 Å². The van der Waals surface area contributed by atoms with Gasteiger partial charge in [-0.05, 0) is 42.8 Å². The van der Waals surface area contributed by atoms with Crippen molar-refractivity contribution in [3.05, 3.63) is 44.9 Å². The summed E-state index contributed by atoms with van der Waals surface area (Å²) in [7, 11) is 1.91. The van der Waals surface area contributed by atoms with Gasteiger partial charge in [-0.25, -0.2) is 0 Å². The second-order valence-electron chi connectivity index (χ2n) is 5.07. The van der Waals surface area contributed by atoms with Crippen molar-refractivity contribution in [3.63, 3.8) is 0 Å². The standard InChI is InChI=1S/C13H14BrN3OS/c1-17-11(15-16-12(17)19)13(6-10(18)7-13)8-3-2-4-9(14)5-8/h2-5,10,18H,6-7H2,1H3,(H,16,19). The van der Waals surface area contributed by atoms with Crippen LogP contribution >= 0.6 is 28.1 Å². The van der Waals surface area contributed by atoms with Gasteiger partial charge in [-0.1, -0.05) is 28.1 Å². The fraction of sp³-hybridized carbons (Fsp3) is 0.385. The molecule has 0 aliphatic heterocycles. The second kappa shape index (κ2) is 4.54. The fourth-order valence-corrected chi connectivity index (χ4v) is 3.38. The molecule has 0 saturated heterocycles. The van der Waals surface area contributed by atoms with Crippen LogP contribution in [0.1, 0.15) is 24.2 Å². The normalized spacial score (nSPS) is 26.2. The van der Waals surface area contributed by atoms with E-state index in [4.69, 9.17) is 12.2 Å². The molecule has 19 heavy (non-hydrogen) atoms. The lowest BCUT2D eigenvalue weighted by atomic mass is 9.62. The van der Waals surface area contributed by atoms with Crippen molar-refractivity contribution >= 4 is 28.1 Å². The Kier molecular flexibility index (Phi) is 3.11. The molecule has 4 nitrogen and oxygen atoms in total. The van der Waals surface area contributed by atoms with Crippen LogP contribution in [0.25, 0.3) is 0 Å². The first kappa shape index (κ1) is 13.0. The summed E-state index contributed by atoms with van der Waals surface area (Å²) in [6.45, 7) is 0. The first-order chi connectivity index (χ1) is 9.03. The van der Waals surface area contributed by atoms with E-state index < -0.39 is 0 Å². The highest BCUT2D eigenvalue weighted by molar-refractivity contribution is 9.10. The molecular formula is C13H14BrN3OS. The third-order valence-corrected chi connectivity index (χ3v) is 4.71. The van der Waals surface area contributed by atoms with Crippen LogP contribution in [0.5, 0.6) is 0 Å². The van der Waals surface area contributed by atoms with Crippen LogP contribution in [-0.2, 0) is 12.5 Å². The molecule has 1 aliphatic carbocycles. The topological polar surface area (TPSA) is 53.8 Å². The predicted octanol–water partition coefficient (Wildman–Crippen LogP) is 2.68. The molecule has 1 fully saturated rings. The lowest BCUT2D eigenvalue weighted by Gasteiger charge is -2.44. The number of aliphatic hydroxyl groups excluding tert-OH is 1. The van der Waals surface area contributed by atoms with Gasteiger partial charge in [0.2, 0.25) is 0 Å². The number of aromatic nitrogens is 3. The van der Waals surface area contributed by atoms with E-state index in [9.17, 15) is 5.11 Å². The average Bonchev–Trinajstić information content (AvgIpc) is 2.66. The van der Waals surface area contributed by atoms with E-state index in [1.807, 2.05) is 23.7 Å². The van der Waals surface area contributed by atoms with E-state index in [1.165, 1.54) is 0 Å². The maximum absolute atomic E-state index is 9.79. The number of halogens is 1.